The van der Waals surface area contributed by atoms with Crippen LogP contribution in [-0.4, -0.2) is 7.11 Å². The molecule has 0 aliphatic rings. The number of hydrogen-bond acceptors (Lipinski definition) is 3. The summed E-state index contributed by atoms with van der Waals surface area (Å²) in [6.07, 6.45) is 0. The van der Waals surface area contributed by atoms with E-state index in [0.29, 0.717) is 17.2 Å². The molecular weight excluding hydrogens is 214 g/mol. The van der Waals surface area contributed by atoms with Crippen LogP contribution in [0.2, 0.25) is 0 Å². The van der Waals surface area contributed by atoms with Gasteiger partial charge in [-0.1, -0.05) is 12.1 Å². The van der Waals surface area contributed by atoms with Crippen molar-refractivity contribution in [3.8, 4) is 17.2 Å². The van der Waals surface area contributed by atoms with E-state index in [9.17, 15) is 0 Å². The first-order chi connectivity index (χ1) is 8.19. The first kappa shape index (κ1) is 11.3. The summed E-state index contributed by atoms with van der Waals surface area (Å²) in [7, 11) is 1.63. The van der Waals surface area contributed by atoms with Gasteiger partial charge in [0.05, 0.1) is 12.8 Å². The second-order valence-electron chi connectivity index (χ2n) is 3.82. The van der Waals surface area contributed by atoms with Crippen molar-refractivity contribution in [1.29, 1.82) is 0 Å². The molecule has 0 amide bonds. The van der Waals surface area contributed by atoms with Crippen LogP contribution in [-0.2, 0) is 0 Å². The van der Waals surface area contributed by atoms with Crippen LogP contribution in [0.4, 0.5) is 5.69 Å². The molecule has 0 bridgehead atoms. The van der Waals surface area contributed by atoms with Gasteiger partial charge in [0.25, 0.3) is 0 Å². The van der Waals surface area contributed by atoms with Crippen molar-refractivity contribution >= 4 is 5.69 Å². The minimum absolute atomic E-state index is 0.624. The van der Waals surface area contributed by atoms with Gasteiger partial charge >= 0.3 is 0 Å². The average molecular weight is 229 g/mol. The van der Waals surface area contributed by atoms with Crippen molar-refractivity contribution in [3.63, 3.8) is 0 Å². The molecule has 0 heterocycles. The minimum atomic E-state index is 0.624. The second-order valence-corrected chi connectivity index (χ2v) is 3.82. The Labute approximate surface area is 101 Å². The maximum Gasteiger partial charge on any atom is 0.150 e. The summed E-state index contributed by atoms with van der Waals surface area (Å²) in [6.45, 7) is 2.00. The number of benzene rings is 2. The monoisotopic (exact) mass is 229 g/mol. The number of methoxy groups -OCH3 is 1. The standard InChI is InChI=1S/C14H15NO2/c1-10-6-7-13(15)14(8-10)17-12-5-3-4-11(9-12)16-2/h3-9H,15H2,1-2H3. The summed E-state index contributed by atoms with van der Waals surface area (Å²) in [4.78, 5) is 0. The van der Waals surface area contributed by atoms with Crippen LogP contribution in [0.25, 0.3) is 0 Å². The van der Waals surface area contributed by atoms with E-state index in [-0.39, 0.29) is 0 Å². The first-order valence-corrected chi connectivity index (χ1v) is 5.37. The van der Waals surface area contributed by atoms with Gasteiger partial charge in [0.15, 0.2) is 5.75 Å². The maximum absolute atomic E-state index is 5.85. The number of anilines is 1. The molecule has 2 rings (SSSR count). The Kier molecular flexibility index (Phi) is 3.19. The van der Waals surface area contributed by atoms with Crippen LogP contribution in [0.3, 0.4) is 0 Å². The number of ether oxygens (including phenoxy) is 2. The third-order valence-electron chi connectivity index (χ3n) is 2.44. The summed E-state index contributed by atoms with van der Waals surface area (Å²) in [5.41, 5.74) is 7.58. The van der Waals surface area contributed by atoms with Crippen molar-refractivity contribution in [3.05, 3.63) is 48.0 Å². The van der Waals surface area contributed by atoms with Gasteiger partial charge in [-0.15, -0.1) is 0 Å². The second kappa shape index (κ2) is 4.78. The average Bonchev–Trinajstić information content (AvgIpc) is 2.34. The fraction of sp³-hybridized carbons (Fsp3) is 0.143. The van der Waals surface area contributed by atoms with Crippen LogP contribution in [0.1, 0.15) is 5.56 Å². The SMILES string of the molecule is COc1cccc(Oc2cc(C)ccc2N)c1. The van der Waals surface area contributed by atoms with Gasteiger partial charge in [-0.2, -0.15) is 0 Å². The minimum Gasteiger partial charge on any atom is -0.497 e. The molecule has 0 aromatic heterocycles. The van der Waals surface area contributed by atoms with Crippen molar-refractivity contribution in [1.82, 2.24) is 0 Å². The molecule has 17 heavy (non-hydrogen) atoms. The molecule has 88 valence electrons. The van der Waals surface area contributed by atoms with Crippen LogP contribution < -0.4 is 15.2 Å². The normalized spacial score (nSPS) is 10.0. The molecule has 2 N–H and O–H groups in total. The van der Waals surface area contributed by atoms with E-state index in [1.165, 1.54) is 0 Å². The van der Waals surface area contributed by atoms with E-state index in [4.69, 9.17) is 15.2 Å². The third-order valence-corrected chi connectivity index (χ3v) is 2.44. The Morgan fingerprint density at radius 3 is 2.53 bits per heavy atom. The molecule has 0 atom stereocenters. The first-order valence-electron chi connectivity index (χ1n) is 5.37. The number of aryl methyl sites for hydroxylation is 1. The lowest BCUT2D eigenvalue weighted by Gasteiger charge is -2.10. The summed E-state index contributed by atoms with van der Waals surface area (Å²) in [5, 5.41) is 0. The van der Waals surface area contributed by atoms with Crippen LogP contribution in [0.15, 0.2) is 42.5 Å². The van der Waals surface area contributed by atoms with Gasteiger partial charge in [-0.25, -0.2) is 0 Å². The Morgan fingerprint density at radius 2 is 1.76 bits per heavy atom. The molecule has 3 heteroatoms. The van der Waals surface area contributed by atoms with E-state index in [0.717, 1.165) is 11.3 Å². The highest BCUT2D eigenvalue weighted by molar-refractivity contribution is 5.55. The number of nitrogens with two attached hydrogens (primary N) is 1. The molecule has 0 fully saturated rings. The Hall–Kier alpha value is -2.16. The van der Waals surface area contributed by atoms with Gasteiger partial charge in [-0.3, -0.25) is 0 Å². The van der Waals surface area contributed by atoms with Crippen LogP contribution in [0.5, 0.6) is 17.2 Å². The Bertz CT molecular complexity index is 523. The van der Waals surface area contributed by atoms with Crippen molar-refractivity contribution in [2.24, 2.45) is 0 Å². The van der Waals surface area contributed by atoms with Gasteiger partial charge in [0, 0.05) is 6.07 Å². The van der Waals surface area contributed by atoms with Crippen LogP contribution in [0, 0.1) is 6.92 Å². The fourth-order valence-corrected chi connectivity index (χ4v) is 1.52. The molecule has 0 spiro atoms. The van der Waals surface area contributed by atoms with Crippen molar-refractivity contribution < 1.29 is 9.47 Å². The zero-order valence-corrected chi connectivity index (χ0v) is 9.94. The summed E-state index contributed by atoms with van der Waals surface area (Å²) in [5.74, 6) is 2.13. The molecule has 0 saturated heterocycles. The lowest BCUT2D eigenvalue weighted by atomic mass is 10.2. The van der Waals surface area contributed by atoms with Gasteiger partial charge in [-0.05, 0) is 36.8 Å². The topological polar surface area (TPSA) is 44.5 Å². The highest BCUT2D eigenvalue weighted by Crippen LogP contribution is 2.29. The molecule has 0 radical (unpaired) electrons. The highest BCUT2D eigenvalue weighted by Gasteiger charge is 2.03. The maximum atomic E-state index is 5.85. The van der Waals surface area contributed by atoms with E-state index < -0.39 is 0 Å². The molecular formula is C14H15NO2. The summed E-state index contributed by atoms with van der Waals surface area (Å²) < 4.78 is 10.9. The summed E-state index contributed by atoms with van der Waals surface area (Å²) >= 11 is 0. The fourth-order valence-electron chi connectivity index (χ4n) is 1.52. The zero-order valence-electron chi connectivity index (χ0n) is 9.94. The lowest BCUT2D eigenvalue weighted by Crippen LogP contribution is -1.93. The van der Waals surface area contributed by atoms with E-state index >= 15 is 0 Å². The predicted octanol–water partition coefficient (Wildman–Crippen LogP) is 3.38. The Morgan fingerprint density at radius 1 is 1.00 bits per heavy atom. The predicted molar refractivity (Wildman–Crippen MR) is 68.7 cm³/mol. The number of hydrogen-bond donors (Lipinski definition) is 1. The zero-order chi connectivity index (χ0) is 12.3. The van der Waals surface area contributed by atoms with Crippen LogP contribution >= 0.6 is 0 Å². The van der Waals surface area contributed by atoms with Crippen molar-refractivity contribution in [2.45, 2.75) is 6.92 Å². The van der Waals surface area contributed by atoms with E-state index in [1.807, 2.05) is 49.4 Å². The molecule has 2 aromatic carbocycles. The van der Waals surface area contributed by atoms with Crippen molar-refractivity contribution in [2.75, 3.05) is 12.8 Å². The molecule has 0 saturated carbocycles. The number of rotatable bonds is 3. The number of nitrogen functional groups attached to an aromatic ring is 1. The van der Waals surface area contributed by atoms with Gasteiger partial charge in [0.1, 0.15) is 11.5 Å². The summed E-state index contributed by atoms with van der Waals surface area (Å²) in [6, 6.07) is 13.1. The molecule has 3 nitrogen and oxygen atoms in total. The lowest BCUT2D eigenvalue weighted by molar-refractivity contribution is 0.409. The quantitative estimate of drug-likeness (QED) is 0.820. The largest absolute Gasteiger partial charge is 0.497 e. The van der Waals surface area contributed by atoms with Gasteiger partial charge in [0.2, 0.25) is 0 Å². The Balaban J connectivity index is 2.27. The van der Waals surface area contributed by atoms with Gasteiger partial charge < -0.3 is 15.2 Å². The molecule has 0 unspecified atom stereocenters. The molecule has 0 aliphatic carbocycles. The molecule has 0 aliphatic heterocycles. The molecule has 2 aromatic rings. The smallest absolute Gasteiger partial charge is 0.150 e. The third kappa shape index (κ3) is 2.69. The highest BCUT2D eigenvalue weighted by atomic mass is 16.5. The van der Waals surface area contributed by atoms with E-state index in [2.05, 4.69) is 0 Å². The van der Waals surface area contributed by atoms with E-state index in [1.54, 1.807) is 7.11 Å².